The number of aromatic nitrogens is 1. The van der Waals surface area contributed by atoms with E-state index in [1.54, 1.807) is 23.9 Å². The molecule has 2 aromatic rings. The normalized spacial score (nSPS) is 10.3. The van der Waals surface area contributed by atoms with Crippen LogP contribution in [0.15, 0.2) is 52.5 Å². The van der Waals surface area contributed by atoms with Gasteiger partial charge in [0.2, 0.25) is 0 Å². The van der Waals surface area contributed by atoms with Gasteiger partial charge in [0.25, 0.3) is 0 Å². The Morgan fingerprint density at radius 3 is 2.29 bits per heavy atom. The van der Waals surface area contributed by atoms with Gasteiger partial charge in [0.05, 0.1) is 0 Å². The molecule has 0 saturated heterocycles. The summed E-state index contributed by atoms with van der Waals surface area (Å²) in [7, 11) is -1.46. The Balaban J connectivity index is 2.11. The maximum absolute atomic E-state index is 8.94. The summed E-state index contributed by atoms with van der Waals surface area (Å²) in [5, 5.41) is 18.7. The molecule has 0 atom stereocenters. The highest BCUT2D eigenvalue weighted by Crippen LogP contribution is 2.25. The van der Waals surface area contributed by atoms with Crippen molar-refractivity contribution >= 4 is 24.3 Å². The molecule has 2 N–H and O–H groups in total. The molecule has 0 aliphatic rings. The lowest BCUT2D eigenvalue weighted by Gasteiger charge is -2.03. The predicted molar refractivity (Wildman–Crippen MR) is 69.4 cm³/mol. The van der Waals surface area contributed by atoms with Crippen LogP contribution in [0.4, 0.5) is 0 Å². The zero-order valence-corrected chi connectivity index (χ0v) is 10.2. The van der Waals surface area contributed by atoms with E-state index in [0.717, 1.165) is 9.92 Å². The van der Waals surface area contributed by atoms with Crippen molar-refractivity contribution in [1.29, 1.82) is 0 Å². The molecule has 0 spiro atoms. The van der Waals surface area contributed by atoms with E-state index in [1.165, 1.54) is 11.8 Å². The monoisotopic (exact) mass is 245 g/mol. The molecule has 5 heteroatoms. The van der Waals surface area contributed by atoms with Crippen molar-refractivity contribution < 1.29 is 10.0 Å². The Bertz CT molecular complexity index is 485. The van der Waals surface area contributed by atoms with Crippen molar-refractivity contribution in [3.63, 3.8) is 0 Å². The minimum atomic E-state index is -1.46. The third-order valence-corrected chi connectivity index (χ3v) is 3.26. The van der Waals surface area contributed by atoms with Crippen LogP contribution in [-0.2, 0) is 0 Å². The molecular formula is C12H12BNO2S. The van der Waals surface area contributed by atoms with E-state index in [0.29, 0.717) is 5.46 Å². The molecule has 0 radical (unpaired) electrons. The van der Waals surface area contributed by atoms with E-state index in [4.69, 9.17) is 10.0 Å². The topological polar surface area (TPSA) is 53.4 Å². The van der Waals surface area contributed by atoms with Gasteiger partial charge in [0.15, 0.2) is 0 Å². The van der Waals surface area contributed by atoms with Gasteiger partial charge in [-0.3, -0.25) is 0 Å². The maximum atomic E-state index is 8.94. The smallest absolute Gasteiger partial charge is 0.423 e. The molecule has 0 unspecified atom stereocenters. The van der Waals surface area contributed by atoms with E-state index in [1.807, 2.05) is 31.2 Å². The molecule has 1 aromatic carbocycles. The second kappa shape index (κ2) is 5.36. The molecule has 1 aromatic heterocycles. The van der Waals surface area contributed by atoms with E-state index in [9.17, 15) is 0 Å². The van der Waals surface area contributed by atoms with Crippen LogP contribution in [0.3, 0.4) is 0 Å². The third kappa shape index (κ3) is 3.33. The number of rotatable bonds is 3. The Labute approximate surface area is 105 Å². The summed E-state index contributed by atoms with van der Waals surface area (Å²) >= 11 is 1.54. The molecule has 86 valence electrons. The molecule has 0 fully saturated rings. The number of hydrogen-bond acceptors (Lipinski definition) is 4. The lowest BCUT2D eigenvalue weighted by atomic mass is 9.82. The summed E-state index contributed by atoms with van der Waals surface area (Å²) in [6.07, 6.45) is 1.47. The first kappa shape index (κ1) is 12.2. The number of pyridine rings is 1. The van der Waals surface area contributed by atoms with Crippen molar-refractivity contribution in [1.82, 2.24) is 4.98 Å². The maximum Gasteiger partial charge on any atom is 0.490 e. The van der Waals surface area contributed by atoms with Gasteiger partial charge >= 0.3 is 7.12 Å². The zero-order valence-electron chi connectivity index (χ0n) is 9.37. The van der Waals surface area contributed by atoms with Crippen LogP contribution in [0.1, 0.15) is 5.56 Å². The minimum Gasteiger partial charge on any atom is -0.423 e. The second-order valence-corrected chi connectivity index (χ2v) is 4.81. The van der Waals surface area contributed by atoms with Crippen LogP contribution in [0.5, 0.6) is 0 Å². The first-order chi connectivity index (χ1) is 8.15. The molecule has 0 bridgehead atoms. The minimum absolute atomic E-state index is 0.401. The van der Waals surface area contributed by atoms with Crippen molar-refractivity contribution in [2.24, 2.45) is 0 Å². The van der Waals surface area contributed by atoms with Crippen molar-refractivity contribution in [3.8, 4) is 0 Å². The Hall–Kier alpha value is -1.30. The summed E-state index contributed by atoms with van der Waals surface area (Å²) in [4.78, 5) is 5.27. The molecule has 17 heavy (non-hydrogen) atoms. The molecule has 0 aliphatic carbocycles. The standard InChI is InChI=1S/C12H12BNO2S/c1-9-2-5-11(6-3-9)17-12-7-4-10(8-14-12)13(15)16/h2-8,15-16H,1H3. The van der Waals surface area contributed by atoms with Crippen LogP contribution >= 0.6 is 11.8 Å². The van der Waals surface area contributed by atoms with Crippen LogP contribution in [0.25, 0.3) is 0 Å². The quantitative estimate of drug-likeness (QED) is 0.798. The summed E-state index contributed by atoms with van der Waals surface area (Å²) in [5.41, 5.74) is 1.62. The summed E-state index contributed by atoms with van der Waals surface area (Å²) in [5.74, 6) is 0. The fourth-order valence-electron chi connectivity index (χ4n) is 1.33. The van der Waals surface area contributed by atoms with E-state index in [2.05, 4.69) is 4.98 Å². The number of aryl methyl sites for hydroxylation is 1. The van der Waals surface area contributed by atoms with Gasteiger partial charge in [-0.1, -0.05) is 35.5 Å². The highest BCUT2D eigenvalue weighted by Gasteiger charge is 2.10. The molecule has 0 saturated carbocycles. The van der Waals surface area contributed by atoms with Gasteiger partial charge in [-0.25, -0.2) is 4.98 Å². The van der Waals surface area contributed by atoms with Crippen LogP contribution < -0.4 is 5.46 Å². The molecule has 0 aliphatic heterocycles. The summed E-state index contributed by atoms with van der Waals surface area (Å²) < 4.78 is 0. The predicted octanol–water partition coefficient (Wildman–Crippen LogP) is 1.22. The molecule has 3 nitrogen and oxygen atoms in total. The van der Waals surface area contributed by atoms with E-state index in [-0.39, 0.29) is 0 Å². The van der Waals surface area contributed by atoms with Crippen LogP contribution in [-0.4, -0.2) is 22.2 Å². The van der Waals surface area contributed by atoms with Gasteiger partial charge in [0, 0.05) is 16.6 Å². The van der Waals surface area contributed by atoms with Gasteiger partial charge in [-0.15, -0.1) is 0 Å². The molecular weight excluding hydrogens is 233 g/mol. The first-order valence-corrected chi connectivity index (χ1v) is 6.03. The number of hydrogen-bond donors (Lipinski definition) is 2. The molecule has 1 heterocycles. The van der Waals surface area contributed by atoms with Gasteiger partial charge in [-0.05, 0) is 25.1 Å². The average molecular weight is 245 g/mol. The van der Waals surface area contributed by atoms with E-state index >= 15 is 0 Å². The fourth-order valence-corrected chi connectivity index (χ4v) is 2.09. The lowest BCUT2D eigenvalue weighted by molar-refractivity contribution is 0.425. The van der Waals surface area contributed by atoms with Crippen molar-refractivity contribution in [3.05, 3.63) is 48.2 Å². The SMILES string of the molecule is Cc1ccc(Sc2ccc(B(O)O)cn2)cc1. The largest absolute Gasteiger partial charge is 0.490 e. The van der Waals surface area contributed by atoms with Crippen molar-refractivity contribution in [2.45, 2.75) is 16.8 Å². The lowest BCUT2D eigenvalue weighted by Crippen LogP contribution is -2.29. The van der Waals surface area contributed by atoms with E-state index < -0.39 is 7.12 Å². The summed E-state index contributed by atoms with van der Waals surface area (Å²) in [6.45, 7) is 2.05. The second-order valence-electron chi connectivity index (χ2n) is 3.72. The fraction of sp³-hybridized carbons (Fsp3) is 0.0833. The molecule has 2 rings (SSSR count). The van der Waals surface area contributed by atoms with Gasteiger partial charge in [0.1, 0.15) is 5.03 Å². The number of benzene rings is 1. The Morgan fingerprint density at radius 1 is 1.06 bits per heavy atom. The Kier molecular flexibility index (Phi) is 3.84. The average Bonchev–Trinajstić information content (AvgIpc) is 2.33. The molecule has 0 amide bonds. The third-order valence-electron chi connectivity index (χ3n) is 2.30. The first-order valence-electron chi connectivity index (χ1n) is 5.22. The highest BCUT2D eigenvalue weighted by molar-refractivity contribution is 7.99. The highest BCUT2D eigenvalue weighted by atomic mass is 32.2. The van der Waals surface area contributed by atoms with Crippen LogP contribution in [0, 0.1) is 6.92 Å². The Morgan fingerprint density at radius 2 is 1.76 bits per heavy atom. The zero-order chi connectivity index (χ0) is 12.3. The van der Waals surface area contributed by atoms with Crippen molar-refractivity contribution in [2.75, 3.05) is 0 Å². The summed E-state index contributed by atoms with van der Waals surface area (Å²) in [6, 6.07) is 11.6. The van der Waals surface area contributed by atoms with Gasteiger partial charge in [-0.2, -0.15) is 0 Å². The van der Waals surface area contributed by atoms with Gasteiger partial charge < -0.3 is 10.0 Å². The number of nitrogens with zero attached hydrogens (tertiary/aromatic N) is 1. The van der Waals surface area contributed by atoms with Crippen LogP contribution in [0.2, 0.25) is 0 Å².